The van der Waals surface area contributed by atoms with Gasteiger partial charge in [0.15, 0.2) is 0 Å². The number of benzene rings is 1. The zero-order valence-electron chi connectivity index (χ0n) is 13.1. The molecule has 6 nitrogen and oxygen atoms in total. The van der Waals surface area contributed by atoms with Crippen LogP contribution in [-0.4, -0.2) is 44.8 Å². The van der Waals surface area contributed by atoms with Gasteiger partial charge in [0.25, 0.3) is 0 Å². The molecule has 2 heterocycles. The molecule has 2 aliphatic rings. The first kappa shape index (κ1) is 18.0. The maximum atomic E-state index is 12.7. The number of piperidine rings is 1. The molecule has 138 valence electrons. The van der Waals surface area contributed by atoms with Gasteiger partial charge in [0.1, 0.15) is 5.75 Å². The lowest BCUT2D eigenvalue weighted by atomic mass is 9.80. The van der Waals surface area contributed by atoms with Crippen LogP contribution in [0, 0.1) is 5.41 Å². The molecule has 2 fully saturated rings. The van der Waals surface area contributed by atoms with Crippen LogP contribution in [0.15, 0.2) is 29.2 Å². The maximum absolute atomic E-state index is 12.7. The van der Waals surface area contributed by atoms with Crippen LogP contribution >= 0.6 is 0 Å². The first-order valence-electron chi connectivity index (χ1n) is 7.66. The molecule has 2 aliphatic heterocycles. The molecule has 0 N–H and O–H groups in total. The summed E-state index contributed by atoms with van der Waals surface area (Å²) in [6.07, 6.45) is -3.29. The van der Waals surface area contributed by atoms with E-state index in [4.69, 9.17) is 4.74 Å². The summed E-state index contributed by atoms with van der Waals surface area (Å²) >= 11 is 0. The van der Waals surface area contributed by atoms with E-state index >= 15 is 0 Å². The third-order valence-electron chi connectivity index (χ3n) is 4.48. The van der Waals surface area contributed by atoms with E-state index < -0.39 is 27.6 Å². The standard InChI is InChI=1S/C15H16F3NO5S/c16-15(17,18)24-11-2-4-12(5-3-11)25(21,22)19-8-1-6-14(10-19)7-9-23-13(14)20/h2-5H,1,6-10H2. The van der Waals surface area contributed by atoms with Gasteiger partial charge < -0.3 is 9.47 Å². The third-order valence-corrected chi connectivity index (χ3v) is 6.34. The Bertz CT molecular complexity index is 762. The van der Waals surface area contributed by atoms with Crippen molar-refractivity contribution in [2.24, 2.45) is 5.41 Å². The Morgan fingerprint density at radius 2 is 1.84 bits per heavy atom. The zero-order chi connectivity index (χ0) is 18.3. The molecule has 1 spiro atoms. The van der Waals surface area contributed by atoms with Crippen molar-refractivity contribution in [1.29, 1.82) is 0 Å². The lowest BCUT2D eigenvalue weighted by Gasteiger charge is -2.36. The van der Waals surface area contributed by atoms with Gasteiger partial charge in [0, 0.05) is 13.1 Å². The highest BCUT2D eigenvalue weighted by Crippen LogP contribution is 2.40. The van der Waals surface area contributed by atoms with Crippen molar-refractivity contribution in [2.75, 3.05) is 19.7 Å². The molecule has 25 heavy (non-hydrogen) atoms. The number of halogens is 3. The molecule has 2 saturated heterocycles. The largest absolute Gasteiger partial charge is 0.573 e. The molecule has 0 amide bonds. The molecule has 1 aromatic rings. The van der Waals surface area contributed by atoms with Gasteiger partial charge in [-0.3, -0.25) is 4.79 Å². The summed E-state index contributed by atoms with van der Waals surface area (Å²) in [5.74, 6) is -0.887. The Balaban J connectivity index is 1.80. The minimum Gasteiger partial charge on any atom is -0.465 e. The van der Waals surface area contributed by atoms with Crippen molar-refractivity contribution in [3.63, 3.8) is 0 Å². The Morgan fingerprint density at radius 3 is 2.40 bits per heavy atom. The van der Waals surface area contributed by atoms with E-state index in [1.165, 1.54) is 4.31 Å². The number of hydrogen-bond acceptors (Lipinski definition) is 5. The highest BCUT2D eigenvalue weighted by molar-refractivity contribution is 7.89. The average molecular weight is 379 g/mol. The highest BCUT2D eigenvalue weighted by atomic mass is 32.2. The molecule has 0 saturated carbocycles. The number of alkyl halides is 3. The number of sulfonamides is 1. The average Bonchev–Trinajstić information content (AvgIpc) is 2.86. The molecule has 0 radical (unpaired) electrons. The van der Waals surface area contributed by atoms with Crippen LogP contribution < -0.4 is 4.74 Å². The molecule has 0 aliphatic carbocycles. The number of rotatable bonds is 3. The number of cyclic esters (lactones) is 1. The van der Waals surface area contributed by atoms with Gasteiger partial charge in [-0.05, 0) is 43.5 Å². The number of hydrogen-bond donors (Lipinski definition) is 0. The summed E-state index contributed by atoms with van der Waals surface area (Å²) in [6, 6.07) is 4.02. The van der Waals surface area contributed by atoms with Gasteiger partial charge in [0.05, 0.1) is 16.9 Å². The van der Waals surface area contributed by atoms with Crippen molar-refractivity contribution in [2.45, 2.75) is 30.5 Å². The fourth-order valence-corrected chi connectivity index (χ4v) is 4.79. The van der Waals surface area contributed by atoms with Crippen LogP contribution in [0.1, 0.15) is 19.3 Å². The monoisotopic (exact) mass is 379 g/mol. The van der Waals surface area contributed by atoms with Crippen LogP contribution in [0.2, 0.25) is 0 Å². The van der Waals surface area contributed by atoms with E-state index in [9.17, 15) is 26.4 Å². The van der Waals surface area contributed by atoms with Crippen molar-refractivity contribution >= 4 is 16.0 Å². The van der Waals surface area contributed by atoms with E-state index in [-0.39, 0.29) is 30.6 Å². The fraction of sp³-hybridized carbons (Fsp3) is 0.533. The van der Waals surface area contributed by atoms with Crippen LogP contribution in [-0.2, 0) is 19.6 Å². The van der Waals surface area contributed by atoms with E-state index in [1.807, 2.05) is 0 Å². The summed E-state index contributed by atoms with van der Waals surface area (Å²) in [7, 11) is -3.92. The second-order valence-electron chi connectivity index (χ2n) is 6.13. The molecule has 1 atom stereocenters. The van der Waals surface area contributed by atoms with Crippen molar-refractivity contribution < 1.29 is 35.9 Å². The second kappa shape index (κ2) is 6.17. The van der Waals surface area contributed by atoms with Gasteiger partial charge in [-0.25, -0.2) is 8.42 Å². The summed E-state index contributed by atoms with van der Waals surface area (Å²) in [5.41, 5.74) is -0.815. The first-order valence-corrected chi connectivity index (χ1v) is 9.10. The molecule has 0 aromatic heterocycles. The van der Waals surface area contributed by atoms with Crippen LogP contribution in [0.3, 0.4) is 0 Å². The van der Waals surface area contributed by atoms with Gasteiger partial charge in [0.2, 0.25) is 10.0 Å². The predicted molar refractivity (Wildman–Crippen MR) is 79.1 cm³/mol. The van der Waals surface area contributed by atoms with Gasteiger partial charge in [-0.2, -0.15) is 4.31 Å². The predicted octanol–water partition coefficient (Wildman–Crippen LogP) is 2.30. The quantitative estimate of drug-likeness (QED) is 0.754. The van der Waals surface area contributed by atoms with Crippen LogP contribution in [0.25, 0.3) is 0 Å². The van der Waals surface area contributed by atoms with Gasteiger partial charge >= 0.3 is 12.3 Å². The van der Waals surface area contributed by atoms with Gasteiger partial charge in [-0.15, -0.1) is 13.2 Å². The molecule has 0 bridgehead atoms. The second-order valence-corrected chi connectivity index (χ2v) is 8.07. The fourth-order valence-electron chi connectivity index (χ4n) is 3.22. The highest BCUT2D eigenvalue weighted by Gasteiger charge is 2.49. The van der Waals surface area contributed by atoms with Gasteiger partial charge in [-0.1, -0.05) is 0 Å². The van der Waals surface area contributed by atoms with Crippen molar-refractivity contribution in [3.8, 4) is 5.75 Å². The Hall–Kier alpha value is -1.81. The topological polar surface area (TPSA) is 72.9 Å². The summed E-state index contributed by atoms with van der Waals surface area (Å²) in [5, 5.41) is 0. The minimum atomic E-state index is -4.84. The number of nitrogens with zero attached hydrogens (tertiary/aromatic N) is 1. The van der Waals surface area contributed by atoms with E-state index in [0.717, 1.165) is 24.3 Å². The van der Waals surface area contributed by atoms with Crippen molar-refractivity contribution in [3.05, 3.63) is 24.3 Å². The normalized spacial score (nSPS) is 25.2. The number of esters is 1. The molecule has 1 unspecified atom stereocenters. The summed E-state index contributed by atoms with van der Waals surface area (Å²) < 4.78 is 71.9. The number of carbonyl (C=O) groups is 1. The summed E-state index contributed by atoms with van der Waals surface area (Å²) in [6.45, 7) is 0.545. The van der Waals surface area contributed by atoms with E-state index in [1.54, 1.807) is 0 Å². The Labute approximate surface area is 142 Å². The first-order chi connectivity index (χ1) is 11.6. The molecule has 10 heteroatoms. The molecular weight excluding hydrogens is 363 g/mol. The van der Waals surface area contributed by atoms with E-state index in [0.29, 0.717) is 19.3 Å². The summed E-state index contributed by atoms with van der Waals surface area (Å²) in [4.78, 5) is 11.8. The van der Waals surface area contributed by atoms with Crippen LogP contribution in [0.4, 0.5) is 13.2 Å². The smallest absolute Gasteiger partial charge is 0.465 e. The maximum Gasteiger partial charge on any atom is 0.573 e. The SMILES string of the molecule is O=C1OCCC12CCCN(S(=O)(=O)c1ccc(OC(F)(F)F)cc1)C2. The Kier molecular flexibility index (Phi) is 4.44. The molecular formula is C15H16F3NO5S. The Morgan fingerprint density at radius 1 is 1.16 bits per heavy atom. The number of carbonyl (C=O) groups excluding carboxylic acids is 1. The lowest BCUT2D eigenvalue weighted by Crippen LogP contribution is -2.48. The zero-order valence-corrected chi connectivity index (χ0v) is 13.9. The lowest BCUT2D eigenvalue weighted by molar-refractivity contribution is -0.274. The molecule has 1 aromatic carbocycles. The van der Waals surface area contributed by atoms with Crippen molar-refractivity contribution in [1.82, 2.24) is 4.31 Å². The minimum absolute atomic E-state index is 0.0228. The number of ether oxygens (including phenoxy) is 2. The molecule has 3 rings (SSSR count). The van der Waals surface area contributed by atoms with E-state index in [2.05, 4.69) is 4.74 Å². The van der Waals surface area contributed by atoms with Crippen LogP contribution in [0.5, 0.6) is 5.75 Å². The third kappa shape index (κ3) is 3.59.